The zero-order valence-corrected chi connectivity index (χ0v) is 15.1. The van der Waals surface area contributed by atoms with Crippen LogP contribution in [0.3, 0.4) is 0 Å². The summed E-state index contributed by atoms with van der Waals surface area (Å²) in [4.78, 5) is 16.8. The second kappa shape index (κ2) is 7.70. The second-order valence-electron chi connectivity index (χ2n) is 6.60. The Morgan fingerprint density at radius 2 is 2.09 bits per heavy atom. The van der Waals surface area contributed by atoms with Gasteiger partial charge in [-0.25, -0.2) is 4.98 Å². The standard InChI is InChI=1S/C18H25N3OS/c1-5-19-11-13-7-6-8-14(9-13)20-16(22)10-15-12-23-17(21-15)18(2,3)4/h6-9,12,19H,5,10-11H2,1-4H3,(H,20,22). The molecule has 0 saturated carbocycles. The summed E-state index contributed by atoms with van der Waals surface area (Å²) < 4.78 is 0. The quantitative estimate of drug-likeness (QED) is 0.848. The second-order valence-corrected chi connectivity index (χ2v) is 7.46. The fourth-order valence-electron chi connectivity index (χ4n) is 2.13. The first kappa shape index (κ1) is 17.6. The number of hydrogen-bond acceptors (Lipinski definition) is 4. The zero-order chi connectivity index (χ0) is 16.9. The lowest BCUT2D eigenvalue weighted by Crippen LogP contribution is -2.16. The van der Waals surface area contributed by atoms with Crippen LogP contribution in [0.25, 0.3) is 0 Å². The largest absolute Gasteiger partial charge is 0.326 e. The average Bonchev–Trinajstić information content (AvgIpc) is 2.94. The number of rotatable bonds is 6. The van der Waals surface area contributed by atoms with Crippen molar-refractivity contribution < 1.29 is 4.79 Å². The number of carbonyl (C=O) groups is 1. The Labute approximate surface area is 142 Å². The summed E-state index contributed by atoms with van der Waals surface area (Å²) in [6.07, 6.45) is 0.310. The maximum atomic E-state index is 12.2. The van der Waals surface area contributed by atoms with Crippen molar-refractivity contribution in [3.05, 3.63) is 45.9 Å². The average molecular weight is 331 g/mol. The molecule has 2 aromatic rings. The van der Waals surface area contributed by atoms with Crippen molar-refractivity contribution >= 4 is 22.9 Å². The highest BCUT2D eigenvalue weighted by Gasteiger charge is 2.18. The third kappa shape index (κ3) is 5.44. The third-order valence-electron chi connectivity index (χ3n) is 3.32. The summed E-state index contributed by atoms with van der Waals surface area (Å²) in [5.74, 6) is -0.0311. The Bertz CT molecular complexity index is 658. The van der Waals surface area contributed by atoms with E-state index in [4.69, 9.17) is 0 Å². The topological polar surface area (TPSA) is 54.0 Å². The molecule has 0 bridgehead atoms. The van der Waals surface area contributed by atoms with E-state index in [1.807, 2.05) is 29.6 Å². The van der Waals surface area contributed by atoms with Crippen LogP contribution in [-0.4, -0.2) is 17.4 Å². The molecule has 0 radical (unpaired) electrons. The zero-order valence-electron chi connectivity index (χ0n) is 14.3. The maximum absolute atomic E-state index is 12.2. The van der Waals surface area contributed by atoms with Gasteiger partial charge in [-0.2, -0.15) is 0 Å². The number of thiazole rings is 1. The van der Waals surface area contributed by atoms with Gasteiger partial charge in [-0.05, 0) is 24.2 Å². The number of anilines is 1. The lowest BCUT2D eigenvalue weighted by Gasteiger charge is -2.13. The minimum Gasteiger partial charge on any atom is -0.326 e. The Morgan fingerprint density at radius 3 is 2.74 bits per heavy atom. The summed E-state index contributed by atoms with van der Waals surface area (Å²) in [7, 11) is 0. The van der Waals surface area contributed by atoms with E-state index in [1.165, 1.54) is 0 Å². The molecule has 1 aromatic heterocycles. The van der Waals surface area contributed by atoms with Crippen LogP contribution in [-0.2, 0) is 23.2 Å². The van der Waals surface area contributed by atoms with E-state index < -0.39 is 0 Å². The first-order valence-electron chi connectivity index (χ1n) is 7.93. The van der Waals surface area contributed by atoms with Gasteiger partial charge in [-0.3, -0.25) is 4.79 Å². The number of nitrogens with one attached hydrogen (secondary N) is 2. The Balaban J connectivity index is 1.95. The molecule has 0 unspecified atom stereocenters. The Hall–Kier alpha value is -1.72. The number of carbonyl (C=O) groups excluding carboxylic acids is 1. The molecule has 0 atom stereocenters. The van der Waals surface area contributed by atoms with Crippen LogP contribution in [0.4, 0.5) is 5.69 Å². The molecule has 5 heteroatoms. The molecule has 0 saturated heterocycles. The summed E-state index contributed by atoms with van der Waals surface area (Å²) in [5, 5.41) is 9.27. The van der Waals surface area contributed by atoms with Crippen molar-refractivity contribution in [1.29, 1.82) is 0 Å². The molecule has 1 heterocycles. The molecule has 0 fully saturated rings. The number of aromatic nitrogens is 1. The van der Waals surface area contributed by atoms with Crippen LogP contribution in [0.5, 0.6) is 0 Å². The summed E-state index contributed by atoms with van der Waals surface area (Å²) >= 11 is 1.62. The van der Waals surface area contributed by atoms with Gasteiger partial charge in [0.1, 0.15) is 0 Å². The van der Waals surface area contributed by atoms with Crippen LogP contribution in [0.2, 0.25) is 0 Å². The summed E-state index contributed by atoms with van der Waals surface area (Å²) in [6.45, 7) is 10.2. The minimum absolute atomic E-state index is 0.0278. The highest BCUT2D eigenvalue weighted by molar-refractivity contribution is 7.09. The molecular formula is C18H25N3OS. The van der Waals surface area contributed by atoms with Crippen molar-refractivity contribution in [2.45, 2.75) is 46.1 Å². The van der Waals surface area contributed by atoms with Crippen molar-refractivity contribution in [2.24, 2.45) is 0 Å². The van der Waals surface area contributed by atoms with Gasteiger partial charge in [0.05, 0.1) is 17.1 Å². The van der Waals surface area contributed by atoms with E-state index >= 15 is 0 Å². The maximum Gasteiger partial charge on any atom is 0.230 e. The molecule has 23 heavy (non-hydrogen) atoms. The van der Waals surface area contributed by atoms with Crippen molar-refractivity contribution in [1.82, 2.24) is 10.3 Å². The third-order valence-corrected chi connectivity index (χ3v) is 4.64. The number of nitrogens with zero attached hydrogens (tertiary/aromatic N) is 1. The molecule has 0 aliphatic rings. The number of amides is 1. The van der Waals surface area contributed by atoms with E-state index in [9.17, 15) is 4.79 Å². The van der Waals surface area contributed by atoms with Gasteiger partial charge in [0.25, 0.3) is 0 Å². The van der Waals surface area contributed by atoms with Crippen molar-refractivity contribution in [3.63, 3.8) is 0 Å². The van der Waals surface area contributed by atoms with E-state index in [0.717, 1.165) is 35.0 Å². The Morgan fingerprint density at radius 1 is 1.30 bits per heavy atom. The minimum atomic E-state index is -0.0311. The lowest BCUT2D eigenvalue weighted by atomic mass is 9.98. The SMILES string of the molecule is CCNCc1cccc(NC(=O)Cc2csc(C(C)(C)C)n2)c1. The fraction of sp³-hybridized carbons (Fsp3) is 0.444. The highest BCUT2D eigenvalue weighted by Crippen LogP contribution is 2.25. The molecule has 124 valence electrons. The molecular weight excluding hydrogens is 306 g/mol. The highest BCUT2D eigenvalue weighted by atomic mass is 32.1. The Kier molecular flexibility index (Phi) is 5.91. The molecule has 0 spiro atoms. The van der Waals surface area contributed by atoms with Gasteiger partial charge in [0, 0.05) is 23.0 Å². The molecule has 4 nitrogen and oxygen atoms in total. The number of hydrogen-bond donors (Lipinski definition) is 2. The predicted octanol–water partition coefficient (Wildman–Crippen LogP) is 3.73. The fourth-order valence-corrected chi connectivity index (χ4v) is 3.04. The lowest BCUT2D eigenvalue weighted by molar-refractivity contribution is -0.115. The monoisotopic (exact) mass is 331 g/mol. The molecule has 0 aliphatic carbocycles. The van der Waals surface area contributed by atoms with Gasteiger partial charge >= 0.3 is 0 Å². The molecule has 1 aromatic carbocycles. The van der Waals surface area contributed by atoms with Crippen LogP contribution < -0.4 is 10.6 Å². The smallest absolute Gasteiger partial charge is 0.230 e. The van der Waals surface area contributed by atoms with Gasteiger partial charge in [-0.1, -0.05) is 39.8 Å². The summed E-state index contributed by atoms with van der Waals surface area (Å²) in [6, 6.07) is 7.92. The predicted molar refractivity (Wildman–Crippen MR) is 97.0 cm³/mol. The molecule has 0 aliphatic heterocycles. The molecule has 2 rings (SSSR count). The van der Waals surface area contributed by atoms with Crippen molar-refractivity contribution in [3.8, 4) is 0 Å². The van der Waals surface area contributed by atoms with Gasteiger partial charge in [0.15, 0.2) is 0 Å². The van der Waals surface area contributed by atoms with Crippen LogP contribution in [0, 0.1) is 0 Å². The first-order valence-corrected chi connectivity index (χ1v) is 8.81. The first-order chi connectivity index (χ1) is 10.9. The van der Waals surface area contributed by atoms with E-state index in [2.05, 4.69) is 43.3 Å². The summed E-state index contributed by atoms with van der Waals surface area (Å²) in [5.41, 5.74) is 2.85. The van der Waals surface area contributed by atoms with Crippen LogP contribution in [0.15, 0.2) is 29.6 Å². The van der Waals surface area contributed by atoms with Crippen LogP contribution >= 0.6 is 11.3 Å². The molecule has 1 amide bonds. The van der Waals surface area contributed by atoms with E-state index in [-0.39, 0.29) is 11.3 Å². The van der Waals surface area contributed by atoms with Gasteiger partial charge in [0.2, 0.25) is 5.91 Å². The normalized spacial score (nSPS) is 11.5. The van der Waals surface area contributed by atoms with E-state index in [0.29, 0.717) is 6.42 Å². The van der Waals surface area contributed by atoms with E-state index in [1.54, 1.807) is 11.3 Å². The van der Waals surface area contributed by atoms with Crippen molar-refractivity contribution in [2.75, 3.05) is 11.9 Å². The van der Waals surface area contributed by atoms with Crippen LogP contribution in [0.1, 0.15) is 44.0 Å². The number of benzene rings is 1. The van der Waals surface area contributed by atoms with Gasteiger partial charge in [-0.15, -0.1) is 11.3 Å². The molecule has 2 N–H and O–H groups in total. The van der Waals surface area contributed by atoms with Gasteiger partial charge < -0.3 is 10.6 Å².